The summed E-state index contributed by atoms with van der Waals surface area (Å²) in [5.41, 5.74) is 1.59. The Morgan fingerprint density at radius 1 is 1.14 bits per heavy atom. The van der Waals surface area contributed by atoms with Crippen LogP contribution in [0.5, 0.6) is 0 Å². The van der Waals surface area contributed by atoms with Crippen molar-refractivity contribution < 1.29 is 13.9 Å². The summed E-state index contributed by atoms with van der Waals surface area (Å²) in [6, 6.07) is 14.6. The van der Waals surface area contributed by atoms with Crippen LogP contribution in [0.4, 0.5) is 0 Å². The minimum absolute atomic E-state index is 0.108. The third-order valence-corrected chi connectivity index (χ3v) is 5.45. The normalized spacial score (nSPS) is 11.2. The molecule has 0 spiro atoms. The molecule has 6 nitrogen and oxygen atoms in total. The van der Waals surface area contributed by atoms with Crippen LogP contribution < -0.4 is 5.56 Å². The van der Waals surface area contributed by atoms with E-state index in [9.17, 15) is 9.59 Å². The van der Waals surface area contributed by atoms with Crippen molar-refractivity contribution in [1.82, 2.24) is 9.55 Å². The Bertz CT molecular complexity index is 1240. The van der Waals surface area contributed by atoms with E-state index in [-0.39, 0.29) is 12.2 Å². The van der Waals surface area contributed by atoms with Crippen molar-refractivity contribution >= 4 is 39.6 Å². The summed E-state index contributed by atoms with van der Waals surface area (Å²) < 4.78 is 12.6. The van der Waals surface area contributed by atoms with Gasteiger partial charge in [0.2, 0.25) is 0 Å². The highest BCUT2D eigenvalue weighted by atomic mass is 32.2. The summed E-state index contributed by atoms with van der Waals surface area (Å²) in [6.07, 6.45) is 0. The van der Waals surface area contributed by atoms with E-state index < -0.39 is 5.97 Å². The van der Waals surface area contributed by atoms with Crippen molar-refractivity contribution in [2.45, 2.75) is 17.8 Å². The van der Waals surface area contributed by atoms with Crippen LogP contribution in [0.15, 0.2) is 62.9 Å². The number of carbonyl (C=O) groups is 1. The predicted octanol–water partition coefficient (Wildman–Crippen LogP) is 4.15. The molecule has 28 heavy (non-hydrogen) atoms. The van der Waals surface area contributed by atoms with Gasteiger partial charge in [0.1, 0.15) is 16.9 Å². The Morgan fingerprint density at radius 2 is 1.86 bits per heavy atom. The Morgan fingerprint density at radius 3 is 2.64 bits per heavy atom. The lowest BCUT2D eigenvalue weighted by Gasteiger charge is -2.08. The molecule has 4 rings (SSSR count). The molecular weight excluding hydrogens is 376 g/mol. The maximum absolute atomic E-state index is 12.6. The van der Waals surface area contributed by atoms with E-state index in [4.69, 9.17) is 9.15 Å². The molecule has 2 heterocycles. The van der Waals surface area contributed by atoms with Gasteiger partial charge in [0, 0.05) is 12.4 Å². The van der Waals surface area contributed by atoms with Crippen molar-refractivity contribution in [1.29, 1.82) is 0 Å². The fourth-order valence-corrected chi connectivity index (χ4v) is 3.98. The van der Waals surface area contributed by atoms with E-state index in [2.05, 4.69) is 4.98 Å². The van der Waals surface area contributed by atoms with Gasteiger partial charge in [-0.05, 0) is 25.1 Å². The van der Waals surface area contributed by atoms with Gasteiger partial charge in [0.15, 0.2) is 5.16 Å². The average Bonchev–Trinajstić information content (AvgIpc) is 3.08. The van der Waals surface area contributed by atoms with E-state index in [1.165, 1.54) is 16.3 Å². The summed E-state index contributed by atoms with van der Waals surface area (Å²) in [6.45, 7) is 2.05. The maximum Gasteiger partial charge on any atom is 0.342 e. The zero-order valence-corrected chi connectivity index (χ0v) is 16.3. The molecule has 142 valence electrons. The molecule has 0 aliphatic carbocycles. The number of thioether (sulfide) groups is 1. The van der Waals surface area contributed by atoms with Gasteiger partial charge in [0.05, 0.1) is 23.3 Å². The zero-order valence-electron chi connectivity index (χ0n) is 15.5. The highest BCUT2D eigenvalue weighted by Crippen LogP contribution is 2.31. The molecule has 0 saturated heterocycles. The molecule has 0 unspecified atom stereocenters. The summed E-state index contributed by atoms with van der Waals surface area (Å²) in [4.78, 5) is 29.6. The first-order chi connectivity index (χ1) is 13.6. The summed E-state index contributed by atoms with van der Waals surface area (Å²) >= 11 is 1.34. The number of nitrogens with zero attached hydrogens (tertiary/aromatic N) is 2. The molecule has 2 aromatic carbocycles. The van der Waals surface area contributed by atoms with Crippen LogP contribution in [0.1, 0.15) is 23.0 Å². The number of para-hydroxylation sites is 2. The minimum Gasteiger partial charge on any atom is -0.462 e. The molecular formula is C21H18N2O4S. The van der Waals surface area contributed by atoms with Crippen LogP contribution in [0.3, 0.4) is 0 Å². The number of hydrogen-bond acceptors (Lipinski definition) is 6. The molecule has 4 aromatic rings. The summed E-state index contributed by atoms with van der Waals surface area (Å²) in [5, 5.41) is 1.85. The zero-order chi connectivity index (χ0) is 19.7. The van der Waals surface area contributed by atoms with Crippen LogP contribution in [-0.2, 0) is 17.5 Å². The van der Waals surface area contributed by atoms with Gasteiger partial charge in [-0.25, -0.2) is 9.78 Å². The SMILES string of the molecule is CCOC(=O)c1c(CSc2nc3ccccc3c(=O)n2C)oc2ccccc12. The monoisotopic (exact) mass is 394 g/mol. The first kappa shape index (κ1) is 18.3. The van der Waals surface area contributed by atoms with Crippen molar-refractivity contribution in [2.24, 2.45) is 7.05 Å². The lowest BCUT2D eigenvalue weighted by Crippen LogP contribution is -2.20. The molecule has 0 fully saturated rings. The number of hydrogen-bond donors (Lipinski definition) is 0. The highest BCUT2D eigenvalue weighted by Gasteiger charge is 2.22. The van der Waals surface area contributed by atoms with Gasteiger partial charge < -0.3 is 9.15 Å². The first-order valence-corrected chi connectivity index (χ1v) is 9.84. The Balaban J connectivity index is 1.73. The van der Waals surface area contributed by atoms with Gasteiger partial charge in [-0.1, -0.05) is 42.1 Å². The second kappa shape index (κ2) is 7.52. The number of ether oxygens (including phenoxy) is 1. The van der Waals surface area contributed by atoms with Gasteiger partial charge in [-0.3, -0.25) is 9.36 Å². The number of aromatic nitrogens is 2. The quantitative estimate of drug-likeness (QED) is 0.288. The lowest BCUT2D eigenvalue weighted by atomic mass is 10.1. The van der Waals surface area contributed by atoms with Crippen molar-refractivity contribution in [3.63, 3.8) is 0 Å². The van der Waals surface area contributed by atoms with E-state index >= 15 is 0 Å². The molecule has 0 amide bonds. The van der Waals surface area contributed by atoms with Gasteiger partial charge in [0.25, 0.3) is 5.56 Å². The van der Waals surface area contributed by atoms with Crippen LogP contribution in [0.2, 0.25) is 0 Å². The third kappa shape index (κ3) is 3.18. The van der Waals surface area contributed by atoms with E-state index in [0.717, 1.165) is 5.39 Å². The topological polar surface area (TPSA) is 74.3 Å². The van der Waals surface area contributed by atoms with Crippen molar-refractivity contribution in [2.75, 3.05) is 6.61 Å². The van der Waals surface area contributed by atoms with Gasteiger partial charge in [-0.2, -0.15) is 0 Å². The Kier molecular flexibility index (Phi) is 4.92. The Hall–Kier alpha value is -3.06. The molecule has 0 aliphatic rings. The average molecular weight is 394 g/mol. The number of carbonyl (C=O) groups excluding carboxylic acids is 1. The van der Waals surface area contributed by atoms with Crippen LogP contribution in [-0.4, -0.2) is 22.1 Å². The third-order valence-electron chi connectivity index (χ3n) is 4.42. The predicted molar refractivity (Wildman–Crippen MR) is 109 cm³/mol. The standard InChI is InChI=1S/C21H18N2O4S/c1-3-26-20(25)18-14-9-5-7-11-16(14)27-17(18)12-28-21-22-15-10-6-4-8-13(15)19(24)23(21)2/h4-11H,3,12H2,1-2H3. The molecule has 0 saturated carbocycles. The molecule has 0 N–H and O–H groups in total. The molecule has 0 aliphatic heterocycles. The number of rotatable bonds is 5. The number of furan rings is 1. The first-order valence-electron chi connectivity index (χ1n) is 8.86. The largest absolute Gasteiger partial charge is 0.462 e. The van der Waals surface area contributed by atoms with Crippen LogP contribution >= 0.6 is 11.8 Å². The number of fused-ring (bicyclic) bond motifs is 2. The van der Waals surface area contributed by atoms with Gasteiger partial charge >= 0.3 is 5.97 Å². The molecule has 7 heteroatoms. The van der Waals surface area contributed by atoms with Crippen LogP contribution in [0, 0.1) is 0 Å². The Labute approximate surface area is 165 Å². The summed E-state index contributed by atoms with van der Waals surface area (Å²) in [5.74, 6) is 0.442. The lowest BCUT2D eigenvalue weighted by molar-refractivity contribution is 0.0526. The second-order valence-corrected chi connectivity index (χ2v) is 7.12. The second-order valence-electron chi connectivity index (χ2n) is 6.18. The maximum atomic E-state index is 12.6. The fraction of sp³-hybridized carbons (Fsp3) is 0.190. The van der Waals surface area contributed by atoms with Crippen molar-refractivity contribution in [3.05, 3.63) is 70.2 Å². The van der Waals surface area contributed by atoms with Gasteiger partial charge in [-0.15, -0.1) is 0 Å². The molecule has 0 bridgehead atoms. The minimum atomic E-state index is -0.414. The van der Waals surface area contributed by atoms with E-state index in [1.807, 2.05) is 42.5 Å². The number of benzene rings is 2. The summed E-state index contributed by atoms with van der Waals surface area (Å²) in [7, 11) is 1.69. The van der Waals surface area contributed by atoms with E-state index in [0.29, 0.717) is 38.7 Å². The molecule has 0 radical (unpaired) electrons. The molecule has 2 aromatic heterocycles. The van der Waals surface area contributed by atoms with Crippen LogP contribution in [0.25, 0.3) is 21.9 Å². The highest BCUT2D eigenvalue weighted by molar-refractivity contribution is 7.98. The number of esters is 1. The molecule has 0 atom stereocenters. The smallest absolute Gasteiger partial charge is 0.342 e. The van der Waals surface area contributed by atoms with E-state index in [1.54, 1.807) is 20.0 Å². The van der Waals surface area contributed by atoms with Crippen molar-refractivity contribution in [3.8, 4) is 0 Å². The fourth-order valence-electron chi connectivity index (χ4n) is 3.08.